The first kappa shape index (κ1) is 15.1. The van der Waals surface area contributed by atoms with E-state index in [4.69, 9.17) is 0 Å². The first-order chi connectivity index (χ1) is 10.6. The zero-order valence-corrected chi connectivity index (χ0v) is 13.4. The molecule has 6 nitrogen and oxygen atoms in total. The number of carbonyl (C=O) groups is 2. The van der Waals surface area contributed by atoms with Crippen molar-refractivity contribution in [2.24, 2.45) is 0 Å². The fraction of sp³-hybridized carbons (Fsp3) is 0.688. The van der Waals surface area contributed by atoms with Gasteiger partial charge in [-0.15, -0.1) is 0 Å². The zero-order valence-electron chi connectivity index (χ0n) is 13.4. The quantitative estimate of drug-likeness (QED) is 0.854. The van der Waals surface area contributed by atoms with Crippen LogP contribution < -0.4 is 0 Å². The van der Waals surface area contributed by atoms with Crippen LogP contribution in [0.4, 0.5) is 0 Å². The lowest BCUT2D eigenvalue weighted by atomic mass is 10.1. The summed E-state index contributed by atoms with van der Waals surface area (Å²) in [7, 11) is 0. The minimum Gasteiger partial charge on any atom is -0.336 e. The summed E-state index contributed by atoms with van der Waals surface area (Å²) in [5.41, 5.74) is 0.566. The number of amides is 2. The third-order valence-electron chi connectivity index (χ3n) is 4.69. The maximum absolute atomic E-state index is 12.5. The van der Waals surface area contributed by atoms with Gasteiger partial charge < -0.3 is 9.80 Å². The molecule has 1 aromatic rings. The minimum atomic E-state index is -0.0914. The van der Waals surface area contributed by atoms with Gasteiger partial charge in [-0.25, -0.2) is 0 Å². The molecule has 0 bridgehead atoms. The van der Waals surface area contributed by atoms with Crippen LogP contribution in [0.15, 0.2) is 12.4 Å². The average molecular weight is 304 g/mol. The van der Waals surface area contributed by atoms with Gasteiger partial charge in [-0.05, 0) is 26.7 Å². The van der Waals surface area contributed by atoms with Crippen molar-refractivity contribution in [2.45, 2.75) is 51.6 Å². The van der Waals surface area contributed by atoms with E-state index in [2.05, 4.69) is 5.10 Å². The second kappa shape index (κ2) is 6.10. The third-order valence-corrected chi connectivity index (χ3v) is 4.69. The van der Waals surface area contributed by atoms with E-state index < -0.39 is 0 Å². The van der Waals surface area contributed by atoms with Gasteiger partial charge in [-0.3, -0.25) is 14.3 Å². The van der Waals surface area contributed by atoms with Crippen molar-refractivity contribution in [1.82, 2.24) is 19.6 Å². The van der Waals surface area contributed by atoms with Crippen molar-refractivity contribution < 1.29 is 9.59 Å². The summed E-state index contributed by atoms with van der Waals surface area (Å²) in [6, 6.07) is 0.621. The summed E-state index contributed by atoms with van der Waals surface area (Å²) in [4.78, 5) is 28.5. The molecule has 0 aromatic carbocycles. The Morgan fingerprint density at radius 3 is 2.59 bits per heavy atom. The third kappa shape index (κ3) is 2.87. The fourth-order valence-corrected chi connectivity index (χ4v) is 3.38. The zero-order chi connectivity index (χ0) is 15.7. The van der Waals surface area contributed by atoms with Crippen molar-refractivity contribution >= 4 is 11.8 Å². The number of nitrogens with zero attached hydrogens (tertiary/aromatic N) is 4. The van der Waals surface area contributed by atoms with Gasteiger partial charge in [0.15, 0.2) is 0 Å². The van der Waals surface area contributed by atoms with Gasteiger partial charge in [0.05, 0.1) is 11.8 Å². The molecule has 0 radical (unpaired) electrons. The molecule has 6 heteroatoms. The normalized spacial score (nSPS) is 20.2. The predicted octanol–water partition coefficient (Wildman–Crippen LogP) is 1.69. The van der Waals surface area contributed by atoms with Crippen LogP contribution in [0.3, 0.4) is 0 Å². The molecule has 1 aromatic heterocycles. The maximum Gasteiger partial charge on any atom is 0.257 e. The molecule has 1 saturated heterocycles. The Morgan fingerprint density at radius 2 is 2.00 bits per heavy atom. The van der Waals surface area contributed by atoms with Crippen molar-refractivity contribution in [2.75, 3.05) is 19.6 Å². The van der Waals surface area contributed by atoms with Crippen LogP contribution in [0.25, 0.3) is 0 Å². The molecule has 0 atom stereocenters. The Bertz CT molecular complexity index is 560. The van der Waals surface area contributed by atoms with Gasteiger partial charge in [0, 0.05) is 31.4 Å². The minimum absolute atomic E-state index is 0.0859. The van der Waals surface area contributed by atoms with Crippen LogP contribution in [0, 0.1) is 0 Å². The molecule has 2 aliphatic rings. The Labute approximate surface area is 131 Å². The lowest BCUT2D eigenvalue weighted by Crippen LogP contribution is -2.54. The van der Waals surface area contributed by atoms with E-state index in [1.807, 2.05) is 18.7 Å². The molecule has 0 unspecified atom stereocenters. The maximum atomic E-state index is 12.5. The molecule has 3 rings (SSSR count). The molecule has 2 amide bonds. The van der Waals surface area contributed by atoms with Gasteiger partial charge >= 0.3 is 0 Å². The van der Waals surface area contributed by atoms with E-state index in [1.165, 1.54) is 12.8 Å². The molecule has 2 fully saturated rings. The monoisotopic (exact) mass is 304 g/mol. The van der Waals surface area contributed by atoms with Crippen LogP contribution in [0.1, 0.15) is 55.9 Å². The van der Waals surface area contributed by atoms with Crippen LogP contribution in [0.5, 0.6) is 0 Å². The molecular formula is C16H24N4O2. The fourth-order valence-electron chi connectivity index (χ4n) is 3.38. The van der Waals surface area contributed by atoms with E-state index in [0.717, 1.165) is 12.8 Å². The number of aromatic nitrogens is 2. The van der Waals surface area contributed by atoms with Crippen molar-refractivity contribution in [3.05, 3.63) is 18.0 Å². The number of carbonyl (C=O) groups excluding carboxylic acids is 2. The SMILES string of the molecule is CC(C)n1cc(C(=O)N2CCN(C3CCCC3)C(=O)C2)cn1. The largest absolute Gasteiger partial charge is 0.336 e. The number of piperazine rings is 1. The second-order valence-corrected chi connectivity index (χ2v) is 6.55. The van der Waals surface area contributed by atoms with Crippen LogP contribution in [-0.4, -0.2) is 57.1 Å². The Hall–Kier alpha value is -1.85. The smallest absolute Gasteiger partial charge is 0.257 e. The summed E-state index contributed by atoms with van der Waals surface area (Å²) in [6.07, 6.45) is 8.01. The van der Waals surface area contributed by atoms with Crippen LogP contribution >= 0.6 is 0 Å². The summed E-state index contributed by atoms with van der Waals surface area (Å²) in [5, 5.41) is 4.20. The molecule has 0 spiro atoms. The number of rotatable bonds is 3. The lowest BCUT2D eigenvalue weighted by Gasteiger charge is -2.37. The van der Waals surface area contributed by atoms with Crippen molar-refractivity contribution in [1.29, 1.82) is 0 Å². The van der Waals surface area contributed by atoms with Crippen molar-refractivity contribution in [3.63, 3.8) is 0 Å². The van der Waals surface area contributed by atoms with Gasteiger partial charge in [-0.2, -0.15) is 5.10 Å². The highest BCUT2D eigenvalue weighted by Gasteiger charge is 2.33. The first-order valence-corrected chi connectivity index (χ1v) is 8.19. The van der Waals surface area contributed by atoms with Gasteiger partial charge in [0.25, 0.3) is 5.91 Å². The Balaban J connectivity index is 1.64. The predicted molar refractivity (Wildman–Crippen MR) is 82.5 cm³/mol. The summed E-state index contributed by atoms with van der Waals surface area (Å²) in [5.74, 6) is -0.00549. The number of hydrogen-bond donors (Lipinski definition) is 0. The van der Waals surface area contributed by atoms with Gasteiger partial charge in [-0.1, -0.05) is 12.8 Å². The van der Waals surface area contributed by atoms with Crippen LogP contribution in [-0.2, 0) is 4.79 Å². The topological polar surface area (TPSA) is 58.4 Å². The van der Waals surface area contributed by atoms with Gasteiger partial charge in [0.2, 0.25) is 5.91 Å². The number of hydrogen-bond acceptors (Lipinski definition) is 3. The van der Waals surface area contributed by atoms with E-state index in [9.17, 15) is 9.59 Å². The van der Waals surface area contributed by atoms with Crippen molar-refractivity contribution in [3.8, 4) is 0 Å². The Morgan fingerprint density at radius 1 is 1.27 bits per heavy atom. The highest BCUT2D eigenvalue weighted by molar-refractivity contribution is 5.96. The molecule has 1 aliphatic heterocycles. The standard InChI is InChI=1S/C16H24N4O2/c1-12(2)20-10-13(9-17-20)16(22)18-7-8-19(15(21)11-18)14-5-3-4-6-14/h9-10,12,14H,3-8,11H2,1-2H3. The van der Waals surface area contributed by atoms with E-state index in [0.29, 0.717) is 24.7 Å². The van der Waals surface area contributed by atoms with E-state index in [1.54, 1.807) is 22.0 Å². The van der Waals surface area contributed by atoms with E-state index in [-0.39, 0.29) is 24.4 Å². The van der Waals surface area contributed by atoms with E-state index >= 15 is 0 Å². The second-order valence-electron chi connectivity index (χ2n) is 6.55. The highest BCUT2D eigenvalue weighted by Crippen LogP contribution is 2.25. The highest BCUT2D eigenvalue weighted by atomic mass is 16.2. The average Bonchev–Trinajstić information content (AvgIpc) is 3.17. The molecule has 1 saturated carbocycles. The summed E-state index contributed by atoms with van der Waals surface area (Å²) >= 11 is 0. The molecule has 120 valence electrons. The van der Waals surface area contributed by atoms with Gasteiger partial charge in [0.1, 0.15) is 6.54 Å². The molecule has 0 N–H and O–H groups in total. The molecular weight excluding hydrogens is 280 g/mol. The van der Waals surface area contributed by atoms with Crippen LogP contribution in [0.2, 0.25) is 0 Å². The Kier molecular flexibility index (Phi) is 4.18. The first-order valence-electron chi connectivity index (χ1n) is 8.19. The molecule has 1 aliphatic carbocycles. The molecule has 2 heterocycles. The summed E-state index contributed by atoms with van der Waals surface area (Å²) < 4.78 is 1.77. The lowest BCUT2D eigenvalue weighted by molar-refractivity contribution is -0.137. The molecule has 22 heavy (non-hydrogen) atoms. The summed E-state index contributed by atoms with van der Waals surface area (Å²) in [6.45, 7) is 5.51.